The number of benzene rings is 2. The third-order valence-corrected chi connectivity index (χ3v) is 5.71. The molecule has 2 aromatic carbocycles. The first-order valence-electron chi connectivity index (χ1n) is 12.7. The first-order chi connectivity index (χ1) is 18.8. The number of halogens is 1. The molecule has 10 heteroatoms. The standard InChI is InChI=1S/C27H28FN5O4.C2H6/c1-17-7-8-19(18(2)30-27(35)31-21-6-4-5-20(28)14-21)13-23(17)32-26(34)24-16-29-25-15-22(9-10-33(24)25)37-12-11-36-3;1-2/h4-10,13-16,18H,11-12H2,1-3H3,(H,32,34)(H2,30,31,35);1-2H3/t18-;/m0./s1. The molecule has 0 bridgehead atoms. The molecule has 0 saturated heterocycles. The second-order valence-electron chi connectivity index (χ2n) is 8.43. The van der Waals surface area contributed by atoms with Crippen LogP contribution in [0.1, 0.15) is 48.4 Å². The lowest BCUT2D eigenvalue weighted by molar-refractivity contribution is 0.102. The van der Waals surface area contributed by atoms with E-state index in [1.807, 2.05) is 45.9 Å². The van der Waals surface area contributed by atoms with Crippen LogP contribution in [0.2, 0.25) is 0 Å². The van der Waals surface area contributed by atoms with E-state index in [9.17, 15) is 14.0 Å². The number of fused-ring (bicyclic) bond motifs is 1. The van der Waals surface area contributed by atoms with Gasteiger partial charge in [-0.1, -0.05) is 32.0 Å². The Hall–Kier alpha value is -4.44. The molecule has 1 atom stereocenters. The fourth-order valence-corrected chi connectivity index (χ4v) is 3.71. The predicted molar refractivity (Wildman–Crippen MR) is 150 cm³/mol. The number of aryl methyl sites for hydroxylation is 1. The fraction of sp³-hybridized carbons (Fsp3) is 0.276. The monoisotopic (exact) mass is 535 g/mol. The highest BCUT2D eigenvalue weighted by molar-refractivity contribution is 6.04. The molecule has 4 aromatic rings. The lowest BCUT2D eigenvalue weighted by atomic mass is 10.0. The van der Waals surface area contributed by atoms with Crippen LogP contribution in [0.15, 0.2) is 67.0 Å². The maximum absolute atomic E-state index is 13.4. The number of carbonyl (C=O) groups is 2. The summed E-state index contributed by atoms with van der Waals surface area (Å²) >= 11 is 0. The molecule has 3 N–H and O–H groups in total. The molecule has 206 valence electrons. The highest BCUT2D eigenvalue weighted by atomic mass is 19.1. The van der Waals surface area contributed by atoms with E-state index in [1.54, 1.807) is 35.9 Å². The molecule has 0 unspecified atom stereocenters. The number of urea groups is 1. The van der Waals surface area contributed by atoms with Crippen molar-refractivity contribution in [3.63, 3.8) is 0 Å². The third kappa shape index (κ3) is 7.78. The van der Waals surface area contributed by atoms with Gasteiger partial charge in [-0.15, -0.1) is 0 Å². The lowest BCUT2D eigenvalue weighted by Gasteiger charge is -2.17. The van der Waals surface area contributed by atoms with Gasteiger partial charge in [-0.2, -0.15) is 0 Å². The quantitative estimate of drug-likeness (QED) is 0.229. The average molecular weight is 536 g/mol. The number of nitrogens with zero attached hydrogens (tertiary/aromatic N) is 2. The largest absolute Gasteiger partial charge is 0.491 e. The molecule has 3 amide bonds. The van der Waals surface area contributed by atoms with Crippen LogP contribution in [-0.4, -0.2) is 41.6 Å². The van der Waals surface area contributed by atoms with E-state index in [1.165, 1.54) is 24.4 Å². The van der Waals surface area contributed by atoms with Gasteiger partial charge >= 0.3 is 6.03 Å². The van der Waals surface area contributed by atoms with Crippen LogP contribution in [0.4, 0.5) is 20.6 Å². The minimum Gasteiger partial charge on any atom is -0.491 e. The van der Waals surface area contributed by atoms with Gasteiger partial charge in [0.05, 0.1) is 18.8 Å². The van der Waals surface area contributed by atoms with Crippen molar-refractivity contribution < 1.29 is 23.5 Å². The number of amides is 3. The number of methoxy groups -OCH3 is 1. The summed E-state index contributed by atoms with van der Waals surface area (Å²) < 4.78 is 25.6. The van der Waals surface area contributed by atoms with Crippen LogP contribution in [0.25, 0.3) is 5.65 Å². The molecule has 0 aliphatic rings. The number of imidazole rings is 1. The van der Waals surface area contributed by atoms with Gasteiger partial charge in [0, 0.05) is 30.7 Å². The fourth-order valence-electron chi connectivity index (χ4n) is 3.71. The number of pyridine rings is 1. The van der Waals surface area contributed by atoms with E-state index in [-0.39, 0.29) is 11.9 Å². The van der Waals surface area contributed by atoms with Crippen LogP contribution in [-0.2, 0) is 4.74 Å². The second kappa shape index (κ2) is 13.9. The van der Waals surface area contributed by atoms with Gasteiger partial charge in [-0.05, 0) is 55.3 Å². The topological polar surface area (TPSA) is 106 Å². The number of carbonyl (C=O) groups excluding carboxylic acids is 2. The summed E-state index contributed by atoms with van der Waals surface area (Å²) in [6.45, 7) is 8.58. The zero-order valence-corrected chi connectivity index (χ0v) is 22.7. The smallest absolute Gasteiger partial charge is 0.319 e. The summed E-state index contributed by atoms with van der Waals surface area (Å²) in [7, 11) is 1.60. The van der Waals surface area contributed by atoms with Crippen LogP contribution in [0.5, 0.6) is 5.75 Å². The predicted octanol–water partition coefficient (Wildman–Crippen LogP) is 5.97. The van der Waals surface area contributed by atoms with Crippen molar-refractivity contribution in [2.45, 2.75) is 33.7 Å². The molecule has 9 nitrogen and oxygen atoms in total. The lowest BCUT2D eigenvalue weighted by Crippen LogP contribution is -2.31. The molecule has 0 aliphatic carbocycles. The van der Waals surface area contributed by atoms with Gasteiger partial charge in [0.1, 0.15) is 29.5 Å². The SMILES string of the molecule is CC.COCCOc1ccn2c(C(=O)Nc3cc([C@H](C)NC(=O)Nc4cccc(F)c4)ccc3C)cnc2c1. The highest BCUT2D eigenvalue weighted by Gasteiger charge is 2.16. The van der Waals surface area contributed by atoms with Crippen molar-refractivity contribution in [3.8, 4) is 5.75 Å². The van der Waals surface area contributed by atoms with Crippen LogP contribution in [0.3, 0.4) is 0 Å². The van der Waals surface area contributed by atoms with E-state index in [0.29, 0.717) is 41.7 Å². The average Bonchev–Trinajstić information content (AvgIpc) is 3.34. The first kappa shape index (κ1) is 29.1. The van der Waals surface area contributed by atoms with Crippen molar-refractivity contribution >= 4 is 29.0 Å². The Labute approximate surface area is 227 Å². The molecule has 39 heavy (non-hydrogen) atoms. The first-order valence-corrected chi connectivity index (χ1v) is 12.7. The summed E-state index contributed by atoms with van der Waals surface area (Å²) in [6.07, 6.45) is 3.23. The van der Waals surface area contributed by atoms with Gasteiger partial charge in [-0.3, -0.25) is 9.20 Å². The zero-order chi connectivity index (χ0) is 28.4. The molecule has 0 fully saturated rings. The molecular weight excluding hydrogens is 501 g/mol. The van der Waals surface area contributed by atoms with Crippen molar-refractivity contribution in [3.05, 3.63) is 89.6 Å². The third-order valence-electron chi connectivity index (χ3n) is 5.71. The second-order valence-corrected chi connectivity index (χ2v) is 8.43. The Morgan fingerprint density at radius 3 is 2.59 bits per heavy atom. The maximum atomic E-state index is 13.4. The number of ether oxygens (including phenoxy) is 2. The van der Waals surface area contributed by atoms with Crippen molar-refractivity contribution in [2.75, 3.05) is 31.0 Å². The van der Waals surface area contributed by atoms with E-state index in [4.69, 9.17) is 9.47 Å². The Kier molecular flexibility index (Phi) is 10.4. The Bertz CT molecular complexity index is 1420. The Morgan fingerprint density at radius 2 is 1.85 bits per heavy atom. The summed E-state index contributed by atoms with van der Waals surface area (Å²) in [6, 6.07) is 13.9. The molecular formula is C29H34FN5O4. The number of hydrogen-bond donors (Lipinski definition) is 3. The summed E-state index contributed by atoms with van der Waals surface area (Å²) in [5.41, 5.74) is 3.54. The molecule has 0 aliphatic heterocycles. The number of hydrogen-bond acceptors (Lipinski definition) is 5. The van der Waals surface area contributed by atoms with E-state index < -0.39 is 11.8 Å². The maximum Gasteiger partial charge on any atom is 0.319 e. The Balaban J connectivity index is 0.00000205. The molecule has 4 rings (SSSR count). The Morgan fingerprint density at radius 1 is 1.05 bits per heavy atom. The molecule has 2 heterocycles. The molecule has 2 aromatic heterocycles. The number of anilines is 2. The highest BCUT2D eigenvalue weighted by Crippen LogP contribution is 2.23. The van der Waals surface area contributed by atoms with Crippen LogP contribution in [0, 0.1) is 12.7 Å². The van der Waals surface area contributed by atoms with Crippen molar-refractivity contribution in [1.29, 1.82) is 0 Å². The van der Waals surface area contributed by atoms with Gasteiger partial charge in [0.25, 0.3) is 5.91 Å². The van der Waals surface area contributed by atoms with Gasteiger partial charge in [-0.25, -0.2) is 14.2 Å². The van der Waals surface area contributed by atoms with Crippen molar-refractivity contribution in [2.24, 2.45) is 0 Å². The van der Waals surface area contributed by atoms with E-state index in [2.05, 4.69) is 20.9 Å². The van der Waals surface area contributed by atoms with E-state index >= 15 is 0 Å². The van der Waals surface area contributed by atoms with E-state index in [0.717, 1.165) is 11.1 Å². The minimum absolute atomic E-state index is 0.328. The summed E-state index contributed by atoms with van der Waals surface area (Å²) in [4.78, 5) is 29.8. The van der Waals surface area contributed by atoms with Gasteiger partial charge in [0.2, 0.25) is 0 Å². The number of rotatable bonds is 9. The van der Waals surface area contributed by atoms with Crippen LogP contribution >= 0.6 is 0 Å². The number of nitrogens with one attached hydrogen (secondary N) is 3. The zero-order valence-electron chi connectivity index (χ0n) is 22.7. The van der Waals surface area contributed by atoms with Crippen molar-refractivity contribution in [1.82, 2.24) is 14.7 Å². The molecule has 0 saturated carbocycles. The summed E-state index contributed by atoms with van der Waals surface area (Å²) in [5.74, 6) is -0.134. The van der Waals surface area contributed by atoms with Crippen LogP contribution < -0.4 is 20.7 Å². The number of aromatic nitrogens is 2. The molecule has 0 spiro atoms. The normalized spacial score (nSPS) is 11.2. The van der Waals surface area contributed by atoms with Gasteiger partial charge < -0.3 is 25.4 Å². The van der Waals surface area contributed by atoms with Gasteiger partial charge in [0.15, 0.2) is 0 Å². The summed E-state index contributed by atoms with van der Waals surface area (Å²) in [5, 5.41) is 8.37. The minimum atomic E-state index is -0.472. The molecule has 0 radical (unpaired) electrons.